The van der Waals surface area contributed by atoms with Crippen molar-refractivity contribution in [2.24, 2.45) is 17.8 Å². The van der Waals surface area contributed by atoms with E-state index in [0.717, 1.165) is 29.1 Å². The fourth-order valence-corrected chi connectivity index (χ4v) is 6.65. The van der Waals surface area contributed by atoms with Crippen LogP contribution in [0.15, 0.2) is 0 Å². The number of rotatable bonds is 0. The van der Waals surface area contributed by atoms with Crippen molar-refractivity contribution in [2.75, 3.05) is 13.3 Å². The highest BCUT2D eigenvalue weighted by molar-refractivity contribution is 7.75. The molecular weight excluding hydrogens is 175 g/mol. The molecule has 1 aliphatic rings. The topological polar surface area (TPSA) is 0 Å². The van der Waals surface area contributed by atoms with Crippen molar-refractivity contribution in [3.63, 3.8) is 0 Å². The molecule has 1 saturated heterocycles. The maximum Gasteiger partial charge on any atom is 0.0695 e. The zero-order chi connectivity index (χ0) is 10.4. The van der Waals surface area contributed by atoms with Crippen LogP contribution in [0.5, 0.6) is 0 Å². The Labute approximate surface area is 84.8 Å². The lowest BCUT2D eigenvalue weighted by Gasteiger charge is -2.47. The minimum absolute atomic E-state index is 0.668. The highest BCUT2D eigenvalue weighted by Gasteiger charge is 2.51. The van der Waals surface area contributed by atoms with Crippen LogP contribution in [0.4, 0.5) is 0 Å². The first-order chi connectivity index (χ1) is 5.80. The predicted molar refractivity (Wildman–Crippen MR) is 65.2 cm³/mol. The lowest BCUT2D eigenvalue weighted by atomic mass is 9.81. The molecule has 0 aromatic carbocycles. The van der Waals surface area contributed by atoms with Gasteiger partial charge in [-0.1, -0.05) is 20.8 Å². The van der Waals surface area contributed by atoms with Gasteiger partial charge in [-0.3, -0.25) is 0 Å². The van der Waals surface area contributed by atoms with Crippen molar-refractivity contribution in [1.82, 2.24) is 0 Å². The van der Waals surface area contributed by atoms with Crippen LogP contribution in [0.25, 0.3) is 0 Å². The monoisotopic (exact) mass is 201 g/mol. The predicted octanol–water partition coefficient (Wildman–Crippen LogP) is 3.96. The molecule has 0 bridgehead atoms. The van der Waals surface area contributed by atoms with E-state index in [-0.39, 0.29) is 0 Å². The van der Waals surface area contributed by atoms with Crippen molar-refractivity contribution in [3.8, 4) is 0 Å². The Kier molecular flexibility index (Phi) is 3.13. The number of hydrogen-bond acceptors (Lipinski definition) is 0. The molecule has 0 N–H and O–H groups in total. The summed E-state index contributed by atoms with van der Waals surface area (Å²) in [5.41, 5.74) is 1.93. The van der Waals surface area contributed by atoms with Gasteiger partial charge in [0, 0.05) is 20.6 Å². The largest absolute Gasteiger partial charge is 0.0695 e. The summed E-state index contributed by atoms with van der Waals surface area (Å²) >= 11 is 0. The fraction of sp³-hybridized carbons (Fsp3) is 1.00. The zero-order valence-corrected chi connectivity index (χ0v) is 11.2. The molecule has 0 aromatic rings. The van der Waals surface area contributed by atoms with Crippen LogP contribution >= 0.6 is 7.26 Å². The third-order valence-corrected chi connectivity index (χ3v) is 10.4. The summed E-state index contributed by atoms with van der Waals surface area (Å²) in [5.74, 6) is 2.77. The van der Waals surface area contributed by atoms with Gasteiger partial charge in [-0.15, -0.1) is 0 Å². The Hall–Kier alpha value is 0.430. The van der Waals surface area contributed by atoms with E-state index in [0.29, 0.717) is 0 Å². The van der Waals surface area contributed by atoms with Gasteiger partial charge in [0.25, 0.3) is 0 Å². The summed E-state index contributed by atoms with van der Waals surface area (Å²) in [6, 6.07) is 0. The Morgan fingerprint density at radius 3 is 1.23 bits per heavy atom. The standard InChI is InChI=1S/C12H26P/c1-8-9(2)11(4)13(6,7)12(5)10(8)3/h8-12H,1-7H3/q+1. The van der Waals surface area contributed by atoms with Crippen LogP contribution in [0.2, 0.25) is 0 Å². The van der Waals surface area contributed by atoms with Gasteiger partial charge in [-0.2, -0.15) is 0 Å². The second-order valence-corrected chi connectivity index (χ2v) is 10.6. The third-order valence-electron chi connectivity index (χ3n) is 5.28. The van der Waals surface area contributed by atoms with Gasteiger partial charge in [-0.05, 0) is 31.6 Å². The van der Waals surface area contributed by atoms with Gasteiger partial charge in [0.1, 0.15) is 0 Å². The fourth-order valence-electron chi connectivity index (χ4n) is 2.94. The second-order valence-electron chi connectivity index (χ2n) is 5.69. The number of hydrogen-bond donors (Lipinski definition) is 0. The zero-order valence-electron chi connectivity index (χ0n) is 10.3. The van der Waals surface area contributed by atoms with Crippen LogP contribution in [-0.4, -0.2) is 24.6 Å². The molecule has 1 aliphatic heterocycles. The molecule has 0 amide bonds. The minimum Gasteiger partial charge on any atom is -0.0617 e. The van der Waals surface area contributed by atoms with Crippen LogP contribution < -0.4 is 0 Å². The Morgan fingerprint density at radius 1 is 0.615 bits per heavy atom. The molecule has 4 atom stereocenters. The van der Waals surface area contributed by atoms with E-state index >= 15 is 0 Å². The summed E-state index contributed by atoms with van der Waals surface area (Å²) in [6.07, 6.45) is 0. The van der Waals surface area contributed by atoms with Crippen LogP contribution in [0.3, 0.4) is 0 Å². The van der Waals surface area contributed by atoms with Crippen LogP contribution in [-0.2, 0) is 0 Å². The molecule has 4 unspecified atom stereocenters. The highest BCUT2D eigenvalue weighted by atomic mass is 31.2. The Bertz CT molecular complexity index is 168. The van der Waals surface area contributed by atoms with Crippen molar-refractivity contribution >= 4 is 7.26 Å². The Balaban J connectivity index is 2.93. The summed E-state index contributed by atoms with van der Waals surface area (Å²) in [4.78, 5) is 0. The van der Waals surface area contributed by atoms with E-state index in [1.807, 2.05) is 0 Å². The molecule has 0 nitrogen and oxygen atoms in total. The first-order valence-electron chi connectivity index (χ1n) is 5.63. The summed E-state index contributed by atoms with van der Waals surface area (Å²) in [6.45, 7) is 17.4. The first-order valence-corrected chi connectivity index (χ1v) is 8.45. The van der Waals surface area contributed by atoms with Gasteiger partial charge in [0.05, 0.1) is 11.3 Å². The quantitative estimate of drug-likeness (QED) is 0.520. The van der Waals surface area contributed by atoms with Crippen LogP contribution in [0, 0.1) is 17.8 Å². The molecular formula is C12H26P+. The van der Waals surface area contributed by atoms with Gasteiger partial charge >= 0.3 is 0 Å². The van der Waals surface area contributed by atoms with Gasteiger partial charge in [0.2, 0.25) is 0 Å². The van der Waals surface area contributed by atoms with Crippen LogP contribution in [0.1, 0.15) is 34.6 Å². The minimum atomic E-state index is -0.668. The summed E-state index contributed by atoms with van der Waals surface area (Å²) in [5, 5.41) is 0. The lowest BCUT2D eigenvalue weighted by Crippen LogP contribution is -2.41. The molecule has 1 rings (SSSR count). The summed E-state index contributed by atoms with van der Waals surface area (Å²) in [7, 11) is -0.668. The average Bonchev–Trinajstić information content (AvgIpc) is 2.09. The molecule has 0 spiro atoms. The van der Waals surface area contributed by atoms with Crippen molar-refractivity contribution in [3.05, 3.63) is 0 Å². The van der Waals surface area contributed by atoms with Crippen molar-refractivity contribution < 1.29 is 0 Å². The van der Waals surface area contributed by atoms with E-state index in [1.165, 1.54) is 0 Å². The summed E-state index contributed by atoms with van der Waals surface area (Å²) < 4.78 is 0. The van der Waals surface area contributed by atoms with E-state index in [9.17, 15) is 0 Å². The van der Waals surface area contributed by atoms with E-state index in [2.05, 4.69) is 47.9 Å². The molecule has 13 heavy (non-hydrogen) atoms. The normalized spacial score (nSPS) is 50.5. The van der Waals surface area contributed by atoms with Gasteiger partial charge < -0.3 is 0 Å². The van der Waals surface area contributed by atoms with E-state index in [1.54, 1.807) is 0 Å². The maximum atomic E-state index is 2.56. The Morgan fingerprint density at radius 2 is 0.923 bits per heavy atom. The van der Waals surface area contributed by atoms with Gasteiger partial charge in [0.15, 0.2) is 0 Å². The molecule has 1 heteroatoms. The smallest absolute Gasteiger partial charge is 0.0617 e. The van der Waals surface area contributed by atoms with Gasteiger partial charge in [-0.25, -0.2) is 0 Å². The molecule has 0 radical (unpaired) electrons. The molecule has 0 saturated carbocycles. The van der Waals surface area contributed by atoms with E-state index in [4.69, 9.17) is 0 Å². The highest BCUT2D eigenvalue weighted by Crippen LogP contribution is 2.69. The van der Waals surface area contributed by atoms with Crippen molar-refractivity contribution in [1.29, 1.82) is 0 Å². The lowest BCUT2D eigenvalue weighted by molar-refractivity contribution is 0.251. The average molecular weight is 201 g/mol. The molecule has 0 aromatic heterocycles. The maximum absolute atomic E-state index is 2.56. The van der Waals surface area contributed by atoms with E-state index < -0.39 is 7.26 Å². The second kappa shape index (κ2) is 3.54. The third kappa shape index (κ3) is 1.67. The molecule has 0 aliphatic carbocycles. The molecule has 1 heterocycles. The SMILES string of the molecule is CC1C(C)C(C)[P+](C)(C)C(C)C1C. The first kappa shape index (κ1) is 11.5. The molecule has 1 fully saturated rings. The molecule has 78 valence electrons. The van der Waals surface area contributed by atoms with Crippen molar-refractivity contribution in [2.45, 2.75) is 45.9 Å².